The maximum atomic E-state index is 14.8. The van der Waals surface area contributed by atoms with Crippen LogP contribution < -0.4 is 77.4 Å². The van der Waals surface area contributed by atoms with Crippen molar-refractivity contribution < 1.29 is 71.7 Å². The summed E-state index contributed by atoms with van der Waals surface area (Å²) in [5, 5.41) is 38.8. The van der Waals surface area contributed by atoms with Crippen LogP contribution in [0.4, 0.5) is 8.78 Å². The van der Waals surface area contributed by atoms with Gasteiger partial charge >= 0.3 is 0 Å². The number of primary amides is 3. The minimum atomic E-state index is -1.89. The van der Waals surface area contributed by atoms with E-state index in [1.54, 1.807) is 51.2 Å². The summed E-state index contributed by atoms with van der Waals surface area (Å²) in [6, 6.07) is -5.03. The fourth-order valence-electron chi connectivity index (χ4n) is 9.70. The molecular formula is C58H88F2N18O13. The Morgan fingerprint density at radius 2 is 1.11 bits per heavy atom. The van der Waals surface area contributed by atoms with Gasteiger partial charge in [0.15, 0.2) is 11.9 Å². The molecule has 31 nitrogen and oxygen atoms in total. The van der Waals surface area contributed by atoms with Crippen molar-refractivity contribution in [2.75, 3.05) is 20.1 Å². The molecule has 24 N–H and O–H groups in total. The van der Waals surface area contributed by atoms with Gasteiger partial charge in [-0.05, 0) is 68.9 Å². The molecule has 0 aliphatic rings. The lowest BCUT2D eigenvalue weighted by molar-refractivity contribution is -0.143. The number of aliphatic hydroxyl groups excluding tert-OH is 1. The molecule has 2 aromatic carbocycles. The molecule has 0 unspecified atom stereocenters. The Bertz CT molecular complexity index is 3110. The number of carbonyl (C=O) groups is 11. The average molecular weight is 1280 g/mol. The topological polar surface area (TPSA) is 538 Å². The highest BCUT2D eigenvalue weighted by molar-refractivity contribution is 5.99. The van der Waals surface area contributed by atoms with E-state index in [9.17, 15) is 71.7 Å². The van der Waals surface area contributed by atoms with Gasteiger partial charge in [0.05, 0.1) is 12.5 Å². The van der Waals surface area contributed by atoms with E-state index in [2.05, 4.69) is 52.2 Å². The summed E-state index contributed by atoms with van der Waals surface area (Å²) in [4.78, 5) is 163. The number of guanidine groups is 2. The number of phenols is 1. The number of hydrogen-bond acceptors (Lipinski definition) is 15. The number of para-hydroxylation sites is 1. The van der Waals surface area contributed by atoms with Gasteiger partial charge in [-0.15, -0.1) is 0 Å². The van der Waals surface area contributed by atoms with Crippen LogP contribution in [0.3, 0.4) is 0 Å². The molecule has 3 rings (SSSR count). The highest BCUT2D eigenvalue weighted by Crippen LogP contribution is 2.23. The summed E-state index contributed by atoms with van der Waals surface area (Å²) in [5.74, 6) is -16.3. The number of aromatic hydroxyl groups is 1. The maximum absolute atomic E-state index is 14.8. The van der Waals surface area contributed by atoms with Crippen molar-refractivity contribution >= 4 is 87.8 Å². The fraction of sp³-hybridized carbons (Fsp3) is 0.534. The first-order chi connectivity index (χ1) is 42.6. The monoisotopic (exact) mass is 1280 g/mol. The number of hydrogen-bond donors (Lipinski definition) is 17. The zero-order valence-electron chi connectivity index (χ0n) is 52.0. The molecular weight excluding hydrogens is 1190 g/mol. The molecule has 0 spiro atoms. The van der Waals surface area contributed by atoms with Crippen LogP contribution in [0.5, 0.6) is 5.75 Å². The zero-order valence-corrected chi connectivity index (χ0v) is 52.0. The number of amides is 11. The number of phenolic OH excluding ortho intramolecular Hbond substituents is 1. The third-order valence-electron chi connectivity index (χ3n) is 14.5. The van der Waals surface area contributed by atoms with Crippen molar-refractivity contribution in [1.29, 1.82) is 0 Å². The molecule has 1 heterocycles. The number of aliphatic hydroxyl groups is 1. The van der Waals surface area contributed by atoms with Crippen molar-refractivity contribution in [3.8, 4) is 5.75 Å². The van der Waals surface area contributed by atoms with Crippen molar-refractivity contribution in [1.82, 2.24) is 47.1 Å². The van der Waals surface area contributed by atoms with E-state index in [4.69, 9.17) is 40.1 Å². The first-order valence-electron chi connectivity index (χ1n) is 29.4. The Hall–Kier alpha value is -9.69. The van der Waals surface area contributed by atoms with Crippen molar-refractivity contribution in [2.24, 2.45) is 67.9 Å². The summed E-state index contributed by atoms with van der Waals surface area (Å²) in [6.07, 6.45) is -3.05. The van der Waals surface area contributed by atoms with Gasteiger partial charge in [-0.1, -0.05) is 52.8 Å². The van der Waals surface area contributed by atoms with Gasteiger partial charge in [0, 0.05) is 80.1 Å². The number of H-pyrrole nitrogens is 1. The molecule has 0 radical (unpaired) electrons. The molecule has 33 heteroatoms. The number of likely N-dealkylation sites (N-methyl/N-ethyl adjacent to an activating group) is 1. The van der Waals surface area contributed by atoms with Gasteiger partial charge in [-0.3, -0.25) is 62.7 Å². The van der Waals surface area contributed by atoms with Crippen molar-refractivity contribution in [3.05, 3.63) is 65.4 Å². The highest BCUT2D eigenvalue weighted by Gasteiger charge is 2.39. The second kappa shape index (κ2) is 36.1. The Kier molecular flexibility index (Phi) is 30.0. The van der Waals surface area contributed by atoms with E-state index in [-0.39, 0.29) is 63.0 Å². The quantitative estimate of drug-likeness (QED) is 0.0151. The summed E-state index contributed by atoms with van der Waals surface area (Å²) >= 11 is 0. The lowest BCUT2D eigenvalue weighted by Gasteiger charge is -2.32. The van der Waals surface area contributed by atoms with E-state index in [1.807, 2.05) is 13.8 Å². The lowest BCUT2D eigenvalue weighted by atomic mass is 9.97. The fourth-order valence-corrected chi connectivity index (χ4v) is 9.70. The maximum Gasteiger partial charge on any atom is 0.245 e. The lowest BCUT2D eigenvalue weighted by Crippen LogP contribution is -2.62. The third kappa shape index (κ3) is 24.7. The second-order valence-corrected chi connectivity index (χ2v) is 22.9. The number of halogens is 2. The van der Waals surface area contributed by atoms with Crippen LogP contribution in [-0.4, -0.2) is 172 Å². The van der Waals surface area contributed by atoms with E-state index in [1.165, 1.54) is 0 Å². The smallest absolute Gasteiger partial charge is 0.245 e. The van der Waals surface area contributed by atoms with E-state index in [0.717, 1.165) is 18.9 Å². The van der Waals surface area contributed by atoms with Crippen molar-refractivity contribution in [2.45, 2.75) is 160 Å². The van der Waals surface area contributed by atoms with Gasteiger partial charge < -0.3 is 97.5 Å². The largest absolute Gasteiger partial charge is 0.508 e. The number of carbonyl (C=O) groups excluding carboxylic acids is 11. The van der Waals surface area contributed by atoms with E-state index >= 15 is 0 Å². The highest BCUT2D eigenvalue weighted by atomic mass is 19.1. The van der Waals surface area contributed by atoms with Crippen molar-refractivity contribution in [3.63, 3.8) is 0 Å². The van der Waals surface area contributed by atoms with Crippen LogP contribution in [0.15, 0.2) is 52.6 Å². The first kappa shape index (κ1) is 75.6. The number of aromatic amines is 1. The van der Waals surface area contributed by atoms with Gasteiger partial charge in [-0.25, -0.2) is 8.78 Å². The van der Waals surface area contributed by atoms with Crippen LogP contribution in [0.25, 0.3) is 10.9 Å². The molecule has 91 heavy (non-hydrogen) atoms. The second-order valence-electron chi connectivity index (χ2n) is 22.9. The third-order valence-corrected chi connectivity index (χ3v) is 14.5. The molecule has 3 aromatic rings. The van der Waals surface area contributed by atoms with E-state index < -0.39 is 180 Å². The Morgan fingerprint density at radius 1 is 0.593 bits per heavy atom. The predicted octanol–water partition coefficient (Wildman–Crippen LogP) is -3.39. The van der Waals surface area contributed by atoms with E-state index in [0.29, 0.717) is 35.0 Å². The number of nitrogens with zero attached hydrogens (tertiary/aromatic N) is 3. The standard InChI is InChI=1S/C58H88F2N18O13/c1-27(2)20-29(5)49(84)74-42(25-45(62)82)51(86)75-41(21-31-26-70-37-13-9-8-12-33(31)37)52(87)76-46(28(3)4)54(89)77-47(30(6)79)55(90)71-38(14-10-18-68-57(64)65)50(85)72-39(16-17-44(61)81)56(91)78(7)43(15-11-19-69-58(66)67)53(88)73-40(48(63)83)24-34-35(59)22-32(80)23-36(34)60/h8-9,12-13,22-23,26-30,38-43,46-47,70,79-80H,10-11,14-21,24-25H2,1-7H3,(H2,61,81)(H2,62,82)(H2,63,83)(H,71,90)(H,72,85)(H,73,88)(H,74,84)(H,75,86)(H,76,87)(H,77,89)(H4,64,65,68)(H4,66,67,69)/t29-,30+,38-,39-,40-,41-,42-,43-,46-,47-/m0/s1. The number of benzene rings is 2. The SMILES string of the molecule is CC(C)C[C@H](C)C(=O)N[C@@H](CC(N)=O)C(=O)N[C@@H](Cc1c[nH]c2ccccc12)C(=O)N[C@H](C(=O)N[C@H](C(=O)N[C@@H](CCCN=C(N)N)C(=O)N[C@@H](CCC(N)=O)C(=O)N(C)[C@@H](CCCN=C(N)N)C(=O)N[C@@H](Cc1c(F)cc(O)cc1F)C(N)=O)[C@@H](C)O)C(C)C. The molecule has 0 fully saturated rings. The van der Waals surface area contributed by atoms with Gasteiger partial charge in [0.25, 0.3) is 0 Å². The average Bonchev–Trinajstić information content (AvgIpc) is 1.89. The first-order valence-corrected chi connectivity index (χ1v) is 29.4. The van der Waals surface area contributed by atoms with Gasteiger partial charge in [-0.2, -0.15) is 0 Å². The van der Waals surface area contributed by atoms with Crippen LogP contribution >= 0.6 is 0 Å². The number of nitrogens with two attached hydrogens (primary N) is 7. The summed E-state index contributed by atoms with van der Waals surface area (Å²) in [5.41, 5.74) is 39.0. The summed E-state index contributed by atoms with van der Waals surface area (Å²) in [6.45, 7) is 9.44. The van der Waals surface area contributed by atoms with Gasteiger partial charge in [0.2, 0.25) is 65.0 Å². The van der Waals surface area contributed by atoms with Gasteiger partial charge in [0.1, 0.15) is 65.7 Å². The zero-order chi connectivity index (χ0) is 68.6. The van der Waals surface area contributed by atoms with Crippen LogP contribution in [0, 0.1) is 29.4 Å². The molecule has 502 valence electrons. The van der Waals surface area contributed by atoms with Crippen LogP contribution in [0.2, 0.25) is 0 Å². The summed E-state index contributed by atoms with van der Waals surface area (Å²) in [7, 11) is 1.12. The minimum Gasteiger partial charge on any atom is -0.508 e. The minimum absolute atomic E-state index is 0.0194. The van der Waals surface area contributed by atoms with Crippen LogP contribution in [-0.2, 0) is 65.6 Å². The number of fused-ring (bicyclic) bond motifs is 1. The summed E-state index contributed by atoms with van der Waals surface area (Å²) < 4.78 is 29.6. The molecule has 0 aliphatic heterocycles. The Balaban J connectivity index is 2.00. The number of nitrogens with one attached hydrogen (secondary N) is 8. The Morgan fingerprint density at radius 3 is 1.66 bits per heavy atom. The number of rotatable bonds is 38. The van der Waals surface area contributed by atoms with Crippen LogP contribution in [0.1, 0.15) is 104 Å². The molecule has 0 saturated heterocycles. The molecule has 0 aliphatic carbocycles. The molecule has 0 saturated carbocycles. The number of aromatic nitrogens is 1. The Labute approximate surface area is 524 Å². The molecule has 10 atom stereocenters. The molecule has 1 aromatic heterocycles. The normalized spacial score (nSPS) is 14.5. The molecule has 0 bridgehead atoms. The number of aliphatic imine (C=N–C) groups is 2. The molecule has 11 amide bonds. The predicted molar refractivity (Wildman–Crippen MR) is 330 cm³/mol.